The summed E-state index contributed by atoms with van der Waals surface area (Å²) in [5, 5.41) is 41.8. The second-order valence-electron chi connectivity index (χ2n) is 14.5. The summed E-state index contributed by atoms with van der Waals surface area (Å²) in [6.07, 6.45) is 21.8. The Bertz CT molecular complexity index is 659. The molecule has 1 rings (SSSR count). The Kier molecular flexibility index (Phi) is 29.8. The molecule has 6 atom stereocenters. The molecule has 1 fully saturated rings. The summed E-state index contributed by atoms with van der Waals surface area (Å²) in [5.41, 5.74) is 0. The Balaban J connectivity index is 0.0000202. The lowest BCUT2D eigenvalue weighted by atomic mass is 9.99. The number of rotatable bonds is 31. The number of aliphatic hydroxyl groups excluding tert-OH is 4. The zero-order chi connectivity index (χ0) is 33.2. The van der Waals surface area contributed by atoms with Crippen molar-refractivity contribution in [2.75, 3.05) is 47.0 Å². The van der Waals surface area contributed by atoms with Crippen LogP contribution < -0.4 is 12.4 Å². The topological polar surface area (TPSA) is 109 Å². The number of likely N-dealkylation sites (N-methyl/N-ethyl adjacent to an activating group) is 1. The monoisotopic (exact) mass is 682 g/mol. The van der Waals surface area contributed by atoms with Gasteiger partial charge in [0.2, 0.25) is 0 Å². The van der Waals surface area contributed by atoms with Crippen molar-refractivity contribution in [3.63, 3.8) is 0 Å². The maximum absolute atomic E-state index is 10.6. The summed E-state index contributed by atoms with van der Waals surface area (Å²) in [5.74, 6) is 0. The van der Waals surface area contributed by atoms with Crippen LogP contribution in [0.15, 0.2) is 0 Å². The standard InChI is InChI=1S/C37H76NO7.ClH/c1-5-7-9-11-13-15-17-18-19-21-23-25-27-38(3,4)29-32(39)30-43-31-33-34(40)35(41)36(42)37(45-33)44-28-26-24-22-20-16-14-12-10-8-6-2;/h32-37,39-42H,5-31H2,1-4H3;1H/q+1;/p-1/t32?,33-,34-,35+,36-,37-;/m1./s1. The van der Waals surface area contributed by atoms with Crippen molar-refractivity contribution < 1.29 is 51.5 Å². The molecule has 1 unspecified atom stereocenters. The van der Waals surface area contributed by atoms with Gasteiger partial charge in [0, 0.05) is 6.61 Å². The lowest BCUT2D eigenvalue weighted by Gasteiger charge is -2.40. The number of aliphatic hydroxyl groups is 4. The molecular weight excluding hydrogens is 606 g/mol. The number of quaternary nitrogens is 1. The van der Waals surface area contributed by atoms with Gasteiger partial charge in [0.15, 0.2) is 6.29 Å². The van der Waals surface area contributed by atoms with Crippen molar-refractivity contribution in [2.24, 2.45) is 0 Å². The van der Waals surface area contributed by atoms with Crippen molar-refractivity contribution in [1.82, 2.24) is 0 Å². The number of hydrogen-bond donors (Lipinski definition) is 4. The Morgan fingerprint density at radius 1 is 0.609 bits per heavy atom. The molecule has 0 spiro atoms. The number of unbranched alkanes of at least 4 members (excludes halogenated alkanes) is 20. The van der Waals surface area contributed by atoms with Gasteiger partial charge in [-0.3, -0.25) is 0 Å². The van der Waals surface area contributed by atoms with Gasteiger partial charge in [-0.1, -0.05) is 136 Å². The van der Waals surface area contributed by atoms with Crippen LogP contribution in [0.1, 0.15) is 155 Å². The summed E-state index contributed by atoms with van der Waals surface area (Å²) in [7, 11) is 4.29. The molecule has 278 valence electrons. The highest BCUT2D eigenvalue weighted by atomic mass is 35.5. The second-order valence-corrected chi connectivity index (χ2v) is 14.5. The molecule has 8 nitrogen and oxygen atoms in total. The van der Waals surface area contributed by atoms with Gasteiger partial charge in [0.1, 0.15) is 37.1 Å². The number of ether oxygens (including phenoxy) is 3. The highest BCUT2D eigenvalue weighted by Gasteiger charge is 2.44. The van der Waals surface area contributed by atoms with Gasteiger partial charge in [-0.15, -0.1) is 0 Å². The Morgan fingerprint density at radius 2 is 1.04 bits per heavy atom. The van der Waals surface area contributed by atoms with Crippen LogP contribution in [0.5, 0.6) is 0 Å². The van der Waals surface area contributed by atoms with E-state index in [4.69, 9.17) is 14.2 Å². The normalized spacial score (nSPS) is 22.6. The molecule has 0 saturated carbocycles. The lowest BCUT2D eigenvalue weighted by Crippen LogP contribution is -3.00. The summed E-state index contributed by atoms with van der Waals surface area (Å²) < 4.78 is 18.0. The lowest BCUT2D eigenvalue weighted by molar-refractivity contribution is -0.893. The Labute approximate surface area is 290 Å². The third kappa shape index (κ3) is 23.3. The average molecular weight is 682 g/mol. The maximum Gasteiger partial charge on any atom is 0.186 e. The fraction of sp³-hybridized carbons (Fsp3) is 1.00. The van der Waals surface area contributed by atoms with Crippen LogP contribution in [0, 0.1) is 0 Å². The molecule has 4 N–H and O–H groups in total. The van der Waals surface area contributed by atoms with Gasteiger partial charge < -0.3 is 51.5 Å². The van der Waals surface area contributed by atoms with Crippen LogP contribution in [0.4, 0.5) is 0 Å². The van der Waals surface area contributed by atoms with Crippen LogP contribution in [-0.2, 0) is 14.2 Å². The molecule has 0 radical (unpaired) electrons. The van der Waals surface area contributed by atoms with Crippen molar-refractivity contribution in [3.8, 4) is 0 Å². The fourth-order valence-electron chi connectivity index (χ4n) is 6.40. The van der Waals surface area contributed by atoms with E-state index in [0.29, 0.717) is 13.2 Å². The first-order chi connectivity index (χ1) is 21.7. The van der Waals surface area contributed by atoms with E-state index in [2.05, 4.69) is 27.9 Å². The molecule has 0 aromatic rings. The van der Waals surface area contributed by atoms with Gasteiger partial charge in [-0.05, 0) is 19.3 Å². The molecule has 0 amide bonds. The summed E-state index contributed by atoms with van der Waals surface area (Å²) in [4.78, 5) is 0. The maximum atomic E-state index is 10.6. The van der Waals surface area contributed by atoms with Crippen LogP contribution in [-0.4, -0.2) is 109 Å². The average Bonchev–Trinajstić information content (AvgIpc) is 3.00. The molecule has 46 heavy (non-hydrogen) atoms. The molecule has 0 aliphatic carbocycles. The van der Waals surface area contributed by atoms with E-state index < -0.39 is 36.8 Å². The highest BCUT2D eigenvalue weighted by molar-refractivity contribution is 4.89. The largest absolute Gasteiger partial charge is 1.00 e. The van der Waals surface area contributed by atoms with E-state index >= 15 is 0 Å². The van der Waals surface area contributed by atoms with Gasteiger partial charge in [0.25, 0.3) is 0 Å². The van der Waals surface area contributed by atoms with Crippen molar-refractivity contribution in [3.05, 3.63) is 0 Å². The number of nitrogens with zero attached hydrogens (tertiary/aromatic N) is 1. The minimum Gasteiger partial charge on any atom is -1.00 e. The SMILES string of the molecule is CCCCCCCCCCCCCC[N+](C)(C)CC(O)COC[C@H]1O[C@@H](OCCCCCCCCCCCC)[C@H](O)[C@@H](O)[C@@H]1O.[Cl-]. The Morgan fingerprint density at radius 3 is 1.52 bits per heavy atom. The van der Waals surface area contributed by atoms with E-state index in [0.717, 1.165) is 30.3 Å². The molecular formula is C37H76ClNO7. The van der Waals surface area contributed by atoms with Crippen LogP contribution >= 0.6 is 0 Å². The summed E-state index contributed by atoms with van der Waals surface area (Å²) in [6.45, 7) is 6.66. The van der Waals surface area contributed by atoms with Crippen molar-refractivity contribution in [1.29, 1.82) is 0 Å². The quantitative estimate of drug-likeness (QED) is 0.0650. The van der Waals surface area contributed by atoms with E-state index in [1.807, 2.05) is 0 Å². The van der Waals surface area contributed by atoms with E-state index in [9.17, 15) is 20.4 Å². The fourth-order valence-corrected chi connectivity index (χ4v) is 6.40. The zero-order valence-electron chi connectivity index (χ0n) is 30.4. The van der Waals surface area contributed by atoms with Crippen molar-refractivity contribution in [2.45, 2.75) is 192 Å². The first-order valence-electron chi connectivity index (χ1n) is 19.1. The first kappa shape index (κ1) is 46.0. The third-order valence-electron chi connectivity index (χ3n) is 9.36. The van der Waals surface area contributed by atoms with Gasteiger partial charge in [-0.2, -0.15) is 0 Å². The highest BCUT2D eigenvalue weighted by Crippen LogP contribution is 2.23. The van der Waals surface area contributed by atoms with Gasteiger partial charge >= 0.3 is 0 Å². The predicted molar refractivity (Wildman–Crippen MR) is 184 cm³/mol. The van der Waals surface area contributed by atoms with Crippen LogP contribution in [0.2, 0.25) is 0 Å². The van der Waals surface area contributed by atoms with E-state index in [1.165, 1.54) is 122 Å². The third-order valence-corrected chi connectivity index (χ3v) is 9.36. The van der Waals surface area contributed by atoms with Gasteiger partial charge in [0.05, 0.1) is 33.9 Å². The van der Waals surface area contributed by atoms with Crippen molar-refractivity contribution >= 4 is 0 Å². The molecule has 9 heteroatoms. The number of halogens is 1. The molecule has 0 bridgehead atoms. The van der Waals surface area contributed by atoms with E-state index in [1.54, 1.807) is 0 Å². The minimum atomic E-state index is -1.37. The molecule has 0 aromatic heterocycles. The summed E-state index contributed by atoms with van der Waals surface area (Å²) in [6, 6.07) is 0. The molecule has 0 aromatic carbocycles. The van der Waals surface area contributed by atoms with E-state index in [-0.39, 0.29) is 25.6 Å². The Hall–Kier alpha value is -0.0300. The molecule has 1 aliphatic rings. The van der Waals surface area contributed by atoms with Crippen LogP contribution in [0.25, 0.3) is 0 Å². The minimum absolute atomic E-state index is 0. The second kappa shape index (κ2) is 29.8. The number of hydrogen-bond acceptors (Lipinski definition) is 7. The molecule has 1 aliphatic heterocycles. The molecule has 1 saturated heterocycles. The smallest absolute Gasteiger partial charge is 0.186 e. The zero-order valence-corrected chi connectivity index (χ0v) is 31.2. The molecule has 1 heterocycles. The summed E-state index contributed by atoms with van der Waals surface area (Å²) >= 11 is 0. The first-order valence-corrected chi connectivity index (χ1v) is 19.1. The van der Waals surface area contributed by atoms with Gasteiger partial charge in [-0.25, -0.2) is 0 Å². The van der Waals surface area contributed by atoms with Crippen LogP contribution in [0.3, 0.4) is 0 Å². The predicted octanol–water partition coefficient (Wildman–Crippen LogP) is 3.89.